The Kier molecular flexibility index (Phi) is 4.18. The van der Waals surface area contributed by atoms with E-state index in [9.17, 15) is 8.42 Å². The molecule has 0 saturated carbocycles. The zero-order valence-electron chi connectivity index (χ0n) is 9.64. The van der Waals surface area contributed by atoms with Crippen molar-refractivity contribution in [2.24, 2.45) is 5.73 Å². The van der Waals surface area contributed by atoms with Gasteiger partial charge in [-0.05, 0) is 37.5 Å². The number of nitrogens with two attached hydrogens (primary N) is 1. The molecule has 0 aromatic heterocycles. The molecule has 1 unspecified atom stereocenters. The number of sulfonamides is 1. The van der Waals surface area contributed by atoms with E-state index in [4.69, 9.17) is 28.9 Å². The largest absolute Gasteiger partial charge is 0.315 e. The van der Waals surface area contributed by atoms with E-state index in [1.807, 2.05) is 0 Å². The zero-order chi connectivity index (χ0) is 13.3. The molecule has 0 amide bonds. The standard InChI is InChI=1S/C11H14Cl2N2O2S/c12-8-5-9(13)7-10(6-8)18(16,17)15-4-2-1-3-11(15)14/h5-7,11H,1-4,14H2. The molecule has 0 radical (unpaired) electrons. The van der Waals surface area contributed by atoms with E-state index >= 15 is 0 Å². The summed E-state index contributed by atoms with van der Waals surface area (Å²) in [6, 6.07) is 4.28. The van der Waals surface area contributed by atoms with Gasteiger partial charge in [-0.2, -0.15) is 4.31 Å². The maximum Gasteiger partial charge on any atom is 0.244 e. The molecular weight excluding hydrogens is 295 g/mol. The zero-order valence-corrected chi connectivity index (χ0v) is 12.0. The number of hydrogen-bond acceptors (Lipinski definition) is 3. The summed E-state index contributed by atoms with van der Waals surface area (Å²) in [7, 11) is -3.62. The van der Waals surface area contributed by atoms with Gasteiger partial charge >= 0.3 is 0 Å². The van der Waals surface area contributed by atoms with Crippen molar-refractivity contribution >= 4 is 33.2 Å². The summed E-state index contributed by atoms with van der Waals surface area (Å²) in [6.07, 6.45) is 1.97. The molecule has 1 saturated heterocycles. The van der Waals surface area contributed by atoms with Crippen LogP contribution in [0.5, 0.6) is 0 Å². The van der Waals surface area contributed by atoms with Crippen molar-refractivity contribution in [2.45, 2.75) is 30.3 Å². The molecule has 2 rings (SSSR count). The predicted octanol–water partition coefficient (Wildman–Crippen LogP) is 2.45. The van der Waals surface area contributed by atoms with Gasteiger partial charge in [0.05, 0.1) is 11.1 Å². The highest BCUT2D eigenvalue weighted by molar-refractivity contribution is 7.89. The molecule has 100 valence electrons. The SMILES string of the molecule is NC1CCCCN1S(=O)(=O)c1cc(Cl)cc(Cl)c1. The molecule has 18 heavy (non-hydrogen) atoms. The van der Waals surface area contributed by atoms with Crippen molar-refractivity contribution in [1.82, 2.24) is 4.31 Å². The van der Waals surface area contributed by atoms with Crippen LogP contribution in [0.2, 0.25) is 10.0 Å². The van der Waals surface area contributed by atoms with E-state index in [-0.39, 0.29) is 4.90 Å². The number of hydrogen-bond donors (Lipinski definition) is 1. The molecule has 1 aliphatic rings. The molecule has 1 atom stereocenters. The van der Waals surface area contributed by atoms with Gasteiger partial charge in [-0.15, -0.1) is 0 Å². The Balaban J connectivity index is 2.40. The van der Waals surface area contributed by atoms with E-state index < -0.39 is 16.2 Å². The highest BCUT2D eigenvalue weighted by atomic mass is 35.5. The molecule has 0 spiro atoms. The van der Waals surface area contributed by atoms with Gasteiger partial charge in [0.15, 0.2) is 0 Å². The minimum atomic E-state index is -3.62. The minimum Gasteiger partial charge on any atom is -0.315 e. The van der Waals surface area contributed by atoms with Crippen LogP contribution in [0.3, 0.4) is 0 Å². The van der Waals surface area contributed by atoms with E-state index in [1.165, 1.54) is 22.5 Å². The molecule has 0 bridgehead atoms. The minimum absolute atomic E-state index is 0.0948. The topological polar surface area (TPSA) is 63.4 Å². The first-order chi connectivity index (χ1) is 8.41. The normalized spacial score (nSPS) is 22.1. The first-order valence-electron chi connectivity index (χ1n) is 5.65. The second kappa shape index (κ2) is 5.35. The highest BCUT2D eigenvalue weighted by Gasteiger charge is 2.31. The second-order valence-corrected chi connectivity index (χ2v) is 7.05. The maximum absolute atomic E-state index is 12.4. The summed E-state index contributed by atoms with van der Waals surface area (Å²) in [5.74, 6) is 0. The van der Waals surface area contributed by atoms with Crippen LogP contribution in [0.1, 0.15) is 19.3 Å². The Morgan fingerprint density at radius 2 is 1.78 bits per heavy atom. The van der Waals surface area contributed by atoms with Crippen molar-refractivity contribution in [3.63, 3.8) is 0 Å². The summed E-state index contributed by atoms with van der Waals surface area (Å²) in [4.78, 5) is 0.0948. The van der Waals surface area contributed by atoms with Gasteiger partial charge in [0.1, 0.15) is 0 Å². The third-order valence-corrected chi connectivity index (χ3v) is 5.28. The number of rotatable bonds is 2. The summed E-state index contributed by atoms with van der Waals surface area (Å²) in [6.45, 7) is 0.438. The Labute approximate surface area is 117 Å². The summed E-state index contributed by atoms with van der Waals surface area (Å²) < 4.78 is 26.2. The number of piperidine rings is 1. The molecule has 1 heterocycles. The molecule has 1 fully saturated rings. The Morgan fingerprint density at radius 1 is 1.17 bits per heavy atom. The molecule has 7 heteroatoms. The van der Waals surface area contributed by atoms with Crippen LogP contribution in [-0.4, -0.2) is 25.4 Å². The second-order valence-electron chi connectivity index (χ2n) is 4.28. The van der Waals surface area contributed by atoms with Crippen LogP contribution in [-0.2, 0) is 10.0 Å². The van der Waals surface area contributed by atoms with Crippen molar-refractivity contribution in [3.8, 4) is 0 Å². The van der Waals surface area contributed by atoms with Gasteiger partial charge in [-0.1, -0.05) is 23.2 Å². The van der Waals surface area contributed by atoms with Crippen LogP contribution < -0.4 is 5.73 Å². The van der Waals surface area contributed by atoms with E-state index in [1.54, 1.807) is 0 Å². The molecule has 1 aromatic rings. The first kappa shape index (κ1) is 14.1. The van der Waals surface area contributed by atoms with Crippen molar-refractivity contribution < 1.29 is 8.42 Å². The molecule has 4 nitrogen and oxygen atoms in total. The van der Waals surface area contributed by atoms with Crippen LogP contribution in [0.15, 0.2) is 23.1 Å². The van der Waals surface area contributed by atoms with E-state index in [0.29, 0.717) is 23.0 Å². The van der Waals surface area contributed by atoms with Crippen LogP contribution in [0.25, 0.3) is 0 Å². The highest BCUT2D eigenvalue weighted by Crippen LogP contribution is 2.27. The van der Waals surface area contributed by atoms with Crippen molar-refractivity contribution in [1.29, 1.82) is 0 Å². The fourth-order valence-corrected chi connectivity index (χ4v) is 4.35. The van der Waals surface area contributed by atoms with Gasteiger partial charge in [0.2, 0.25) is 10.0 Å². The molecule has 0 aliphatic carbocycles. The van der Waals surface area contributed by atoms with Crippen LogP contribution in [0, 0.1) is 0 Å². The van der Waals surface area contributed by atoms with Crippen molar-refractivity contribution in [3.05, 3.63) is 28.2 Å². The van der Waals surface area contributed by atoms with Gasteiger partial charge in [-0.25, -0.2) is 8.42 Å². The van der Waals surface area contributed by atoms with E-state index in [0.717, 1.165) is 12.8 Å². The average Bonchev–Trinajstić information content (AvgIpc) is 2.28. The Bertz CT molecular complexity index is 528. The third-order valence-electron chi connectivity index (χ3n) is 2.94. The summed E-state index contributed by atoms with van der Waals surface area (Å²) in [5.41, 5.74) is 5.86. The molecule has 1 aromatic carbocycles. The fraction of sp³-hybridized carbons (Fsp3) is 0.455. The lowest BCUT2D eigenvalue weighted by Crippen LogP contribution is -2.48. The average molecular weight is 309 g/mol. The Morgan fingerprint density at radius 3 is 2.33 bits per heavy atom. The van der Waals surface area contributed by atoms with Crippen LogP contribution in [0.4, 0.5) is 0 Å². The lowest BCUT2D eigenvalue weighted by Gasteiger charge is -2.32. The lowest BCUT2D eigenvalue weighted by atomic mass is 10.1. The number of benzene rings is 1. The molecule has 2 N–H and O–H groups in total. The maximum atomic E-state index is 12.4. The van der Waals surface area contributed by atoms with Crippen LogP contribution >= 0.6 is 23.2 Å². The Hall–Kier alpha value is -0.330. The monoisotopic (exact) mass is 308 g/mol. The number of nitrogens with zero attached hydrogens (tertiary/aromatic N) is 1. The van der Waals surface area contributed by atoms with Gasteiger partial charge in [0, 0.05) is 16.6 Å². The fourth-order valence-electron chi connectivity index (χ4n) is 2.04. The van der Waals surface area contributed by atoms with Gasteiger partial charge in [-0.3, -0.25) is 0 Å². The summed E-state index contributed by atoms with van der Waals surface area (Å²) >= 11 is 11.7. The number of halogens is 2. The third kappa shape index (κ3) is 2.81. The van der Waals surface area contributed by atoms with E-state index in [2.05, 4.69) is 0 Å². The predicted molar refractivity (Wildman–Crippen MR) is 72.2 cm³/mol. The quantitative estimate of drug-likeness (QED) is 0.912. The molecular formula is C11H14Cl2N2O2S. The lowest BCUT2D eigenvalue weighted by molar-refractivity contribution is 0.258. The first-order valence-corrected chi connectivity index (χ1v) is 7.84. The molecule has 1 aliphatic heterocycles. The van der Waals surface area contributed by atoms with Gasteiger partial charge < -0.3 is 5.73 Å². The van der Waals surface area contributed by atoms with Crippen molar-refractivity contribution in [2.75, 3.05) is 6.54 Å². The summed E-state index contributed by atoms with van der Waals surface area (Å²) in [5, 5.41) is 0.596. The smallest absolute Gasteiger partial charge is 0.244 e. The van der Waals surface area contributed by atoms with Gasteiger partial charge in [0.25, 0.3) is 0 Å².